The standard InChI is InChI=1S/C14H20N4O4S/c1-23(21,22)17-8-2-7-15-13(19)11-3-5-12(6-4-11)18-10-9-16-14(18)20/h3-6,17H,2,7-10H2,1H3,(H,15,19)(H,16,20). The number of carbonyl (C=O) groups excluding carboxylic acids is 2. The molecule has 1 aliphatic rings. The molecule has 1 saturated heterocycles. The fourth-order valence-corrected chi connectivity index (χ4v) is 2.68. The normalized spacial score (nSPS) is 14.7. The van der Waals surface area contributed by atoms with Crippen molar-refractivity contribution in [3.05, 3.63) is 29.8 Å². The van der Waals surface area contributed by atoms with Gasteiger partial charge in [-0.05, 0) is 30.7 Å². The van der Waals surface area contributed by atoms with E-state index in [0.717, 1.165) is 11.9 Å². The maximum Gasteiger partial charge on any atom is 0.321 e. The average molecular weight is 340 g/mol. The van der Waals surface area contributed by atoms with Gasteiger partial charge in [0.25, 0.3) is 5.91 Å². The molecule has 1 aromatic rings. The highest BCUT2D eigenvalue weighted by Crippen LogP contribution is 2.17. The van der Waals surface area contributed by atoms with E-state index >= 15 is 0 Å². The van der Waals surface area contributed by atoms with Crippen molar-refractivity contribution >= 4 is 27.6 Å². The van der Waals surface area contributed by atoms with Crippen LogP contribution in [0.5, 0.6) is 0 Å². The molecule has 2 rings (SSSR count). The molecular formula is C14H20N4O4S. The van der Waals surface area contributed by atoms with Gasteiger partial charge in [0, 0.05) is 37.4 Å². The lowest BCUT2D eigenvalue weighted by Crippen LogP contribution is -2.29. The van der Waals surface area contributed by atoms with Crippen molar-refractivity contribution in [2.45, 2.75) is 6.42 Å². The second-order valence-electron chi connectivity index (χ2n) is 5.21. The Bertz CT molecular complexity index is 673. The molecule has 3 N–H and O–H groups in total. The largest absolute Gasteiger partial charge is 0.352 e. The summed E-state index contributed by atoms with van der Waals surface area (Å²) < 4.78 is 24.1. The van der Waals surface area contributed by atoms with Crippen LogP contribution in [0.25, 0.3) is 0 Å². The van der Waals surface area contributed by atoms with Crippen LogP contribution < -0.4 is 20.3 Å². The first-order chi connectivity index (χ1) is 10.9. The Morgan fingerprint density at radius 1 is 1.26 bits per heavy atom. The lowest BCUT2D eigenvalue weighted by Gasteiger charge is -2.14. The molecular weight excluding hydrogens is 320 g/mol. The minimum Gasteiger partial charge on any atom is -0.352 e. The third-order valence-electron chi connectivity index (χ3n) is 3.30. The predicted molar refractivity (Wildman–Crippen MR) is 87.0 cm³/mol. The molecule has 1 aromatic carbocycles. The highest BCUT2D eigenvalue weighted by Gasteiger charge is 2.21. The second-order valence-corrected chi connectivity index (χ2v) is 7.04. The molecule has 3 amide bonds. The van der Waals surface area contributed by atoms with Gasteiger partial charge in [-0.1, -0.05) is 0 Å². The molecule has 126 valence electrons. The second kappa shape index (κ2) is 7.42. The topological polar surface area (TPSA) is 108 Å². The molecule has 1 fully saturated rings. The Hall–Kier alpha value is -2.13. The number of nitrogens with one attached hydrogen (secondary N) is 3. The number of anilines is 1. The van der Waals surface area contributed by atoms with E-state index in [-0.39, 0.29) is 18.5 Å². The Balaban J connectivity index is 1.80. The van der Waals surface area contributed by atoms with Crippen molar-refractivity contribution in [2.24, 2.45) is 0 Å². The number of hydrogen-bond donors (Lipinski definition) is 3. The molecule has 0 bridgehead atoms. The maximum atomic E-state index is 12.0. The zero-order valence-electron chi connectivity index (χ0n) is 12.8. The number of hydrogen-bond acceptors (Lipinski definition) is 4. The van der Waals surface area contributed by atoms with Crippen LogP contribution in [-0.2, 0) is 10.0 Å². The van der Waals surface area contributed by atoms with E-state index in [9.17, 15) is 18.0 Å². The Labute approximate surface area is 135 Å². The summed E-state index contributed by atoms with van der Waals surface area (Å²) in [4.78, 5) is 25.1. The van der Waals surface area contributed by atoms with Gasteiger partial charge in [0.2, 0.25) is 10.0 Å². The quantitative estimate of drug-likeness (QED) is 0.602. The van der Waals surface area contributed by atoms with Crippen molar-refractivity contribution in [2.75, 3.05) is 37.3 Å². The van der Waals surface area contributed by atoms with Gasteiger partial charge in [-0.15, -0.1) is 0 Å². The van der Waals surface area contributed by atoms with Crippen LogP contribution in [0.3, 0.4) is 0 Å². The Morgan fingerprint density at radius 3 is 2.52 bits per heavy atom. The number of benzene rings is 1. The van der Waals surface area contributed by atoms with Crippen LogP contribution in [0.4, 0.5) is 10.5 Å². The molecule has 0 unspecified atom stereocenters. The maximum absolute atomic E-state index is 12.0. The Morgan fingerprint density at radius 2 is 1.96 bits per heavy atom. The first kappa shape index (κ1) is 17.2. The van der Waals surface area contributed by atoms with Crippen molar-refractivity contribution in [1.29, 1.82) is 0 Å². The summed E-state index contributed by atoms with van der Waals surface area (Å²) in [5.41, 5.74) is 1.23. The third-order valence-corrected chi connectivity index (χ3v) is 4.03. The van der Waals surface area contributed by atoms with E-state index in [1.807, 2.05) is 0 Å². The molecule has 1 heterocycles. The highest BCUT2D eigenvalue weighted by atomic mass is 32.2. The predicted octanol–water partition coefficient (Wildman–Crippen LogP) is -0.115. The van der Waals surface area contributed by atoms with Crippen molar-refractivity contribution in [3.63, 3.8) is 0 Å². The third kappa shape index (κ3) is 5.22. The van der Waals surface area contributed by atoms with E-state index < -0.39 is 10.0 Å². The first-order valence-electron chi connectivity index (χ1n) is 7.25. The summed E-state index contributed by atoms with van der Waals surface area (Å²) in [7, 11) is -3.19. The summed E-state index contributed by atoms with van der Waals surface area (Å²) in [6.07, 6.45) is 1.60. The van der Waals surface area contributed by atoms with Crippen LogP contribution in [0.1, 0.15) is 16.8 Å². The van der Waals surface area contributed by atoms with Gasteiger partial charge in [0.15, 0.2) is 0 Å². The lowest BCUT2D eigenvalue weighted by atomic mass is 10.2. The molecule has 0 aromatic heterocycles. The van der Waals surface area contributed by atoms with Gasteiger partial charge in [-0.25, -0.2) is 17.9 Å². The van der Waals surface area contributed by atoms with E-state index in [1.54, 1.807) is 29.2 Å². The fraction of sp³-hybridized carbons (Fsp3) is 0.429. The number of nitrogens with zero attached hydrogens (tertiary/aromatic N) is 1. The van der Waals surface area contributed by atoms with Gasteiger partial charge < -0.3 is 10.6 Å². The zero-order chi connectivity index (χ0) is 16.9. The molecule has 0 spiro atoms. The summed E-state index contributed by atoms with van der Waals surface area (Å²) in [6.45, 7) is 1.88. The number of amides is 3. The van der Waals surface area contributed by atoms with Gasteiger partial charge in [0.1, 0.15) is 0 Å². The molecule has 0 radical (unpaired) electrons. The molecule has 9 heteroatoms. The van der Waals surface area contributed by atoms with Gasteiger partial charge in [-0.3, -0.25) is 9.69 Å². The average Bonchev–Trinajstić information content (AvgIpc) is 2.92. The van der Waals surface area contributed by atoms with E-state index in [2.05, 4.69) is 15.4 Å². The molecule has 23 heavy (non-hydrogen) atoms. The number of carbonyl (C=O) groups is 2. The fourth-order valence-electron chi connectivity index (χ4n) is 2.16. The van der Waals surface area contributed by atoms with Gasteiger partial charge >= 0.3 is 6.03 Å². The summed E-state index contributed by atoms with van der Waals surface area (Å²) >= 11 is 0. The van der Waals surface area contributed by atoms with E-state index in [0.29, 0.717) is 31.6 Å². The highest BCUT2D eigenvalue weighted by molar-refractivity contribution is 7.88. The molecule has 1 aliphatic heterocycles. The molecule has 0 aliphatic carbocycles. The summed E-state index contributed by atoms with van der Waals surface area (Å²) in [5.74, 6) is -0.234. The van der Waals surface area contributed by atoms with Gasteiger partial charge in [0.05, 0.1) is 6.26 Å². The monoisotopic (exact) mass is 340 g/mol. The molecule has 0 saturated carbocycles. The van der Waals surface area contributed by atoms with Crippen molar-refractivity contribution in [3.8, 4) is 0 Å². The van der Waals surface area contributed by atoms with E-state index in [1.165, 1.54) is 0 Å². The van der Waals surface area contributed by atoms with Crippen LogP contribution in [0, 0.1) is 0 Å². The smallest absolute Gasteiger partial charge is 0.321 e. The molecule has 8 nitrogen and oxygen atoms in total. The van der Waals surface area contributed by atoms with Crippen molar-refractivity contribution in [1.82, 2.24) is 15.4 Å². The number of urea groups is 1. The van der Waals surface area contributed by atoms with E-state index in [4.69, 9.17) is 0 Å². The number of sulfonamides is 1. The van der Waals surface area contributed by atoms with Crippen molar-refractivity contribution < 1.29 is 18.0 Å². The summed E-state index contributed by atoms with van der Waals surface area (Å²) in [6, 6.07) is 6.63. The van der Waals surface area contributed by atoms with Gasteiger partial charge in [-0.2, -0.15) is 0 Å². The number of rotatable bonds is 7. The zero-order valence-corrected chi connectivity index (χ0v) is 13.6. The SMILES string of the molecule is CS(=O)(=O)NCCCNC(=O)c1ccc(N2CCNC2=O)cc1. The van der Waals surface area contributed by atoms with Crippen LogP contribution in [0.2, 0.25) is 0 Å². The van der Waals surface area contributed by atoms with Crippen LogP contribution in [-0.4, -0.2) is 52.8 Å². The summed E-state index contributed by atoms with van der Waals surface area (Å²) in [5, 5.41) is 5.43. The molecule has 0 atom stereocenters. The Kier molecular flexibility index (Phi) is 5.56. The lowest BCUT2D eigenvalue weighted by molar-refractivity contribution is 0.0953. The van der Waals surface area contributed by atoms with Crippen LogP contribution >= 0.6 is 0 Å². The minimum atomic E-state index is -3.19. The minimum absolute atomic E-state index is 0.138. The first-order valence-corrected chi connectivity index (χ1v) is 9.14. The van der Waals surface area contributed by atoms with Crippen LogP contribution in [0.15, 0.2) is 24.3 Å².